The Balaban J connectivity index is 2.68. The second-order valence-electron chi connectivity index (χ2n) is 6.12. The van der Waals surface area contributed by atoms with Crippen LogP contribution < -0.4 is 0 Å². The fourth-order valence-electron chi connectivity index (χ4n) is 1.71. The number of carbonyl (C=O) groups excluding carboxylic acids is 1. The van der Waals surface area contributed by atoms with Crippen LogP contribution in [0.3, 0.4) is 0 Å². The van der Waals surface area contributed by atoms with E-state index in [0.717, 1.165) is 12.0 Å². The van der Waals surface area contributed by atoms with Gasteiger partial charge in [-0.1, -0.05) is 52.8 Å². The monoisotopic (exact) mass is 264 g/mol. The first-order valence-corrected chi connectivity index (χ1v) is 7.52. The molecule has 0 saturated carbocycles. The van der Waals surface area contributed by atoms with Crippen molar-refractivity contribution in [2.24, 2.45) is 5.92 Å². The molecule has 0 bridgehead atoms. The third-order valence-electron chi connectivity index (χ3n) is 2.53. The number of benzene rings is 1. The second-order valence-corrected chi connectivity index (χ2v) is 7.92. The molecule has 0 aliphatic heterocycles. The Morgan fingerprint density at radius 3 is 2.50 bits per heavy atom. The lowest BCUT2D eigenvalue weighted by molar-refractivity contribution is 0.102. The lowest BCUT2D eigenvalue weighted by Crippen LogP contribution is -2.13. The summed E-state index contributed by atoms with van der Waals surface area (Å²) in [6, 6.07) is 8.07. The SMILES string of the molecule is CC(C)Cc1cccc(C(=O)CSC(C)(C)C)c1. The van der Waals surface area contributed by atoms with E-state index in [2.05, 4.69) is 40.7 Å². The van der Waals surface area contributed by atoms with Gasteiger partial charge >= 0.3 is 0 Å². The molecular formula is C16H24OS. The molecule has 0 heterocycles. The molecule has 0 amide bonds. The normalized spacial score (nSPS) is 11.9. The summed E-state index contributed by atoms with van der Waals surface area (Å²) in [5.74, 6) is 1.43. The van der Waals surface area contributed by atoms with E-state index in [0.29, 0.717) is 11.7 Å². The van der Waals surface area contributed by atoms with Crippen molar-refractivity contribution >= 4 is 17.5 Å². The predicted octanol–water partition coefficient (Wildman–Crippen LogP) is 4.60. The molecular weight excluding hydrogens is 240 g/mol. The summed E-state index contributed by atoms with van der Waals surface area (Å²) in [4.78, 5) is 12.1. The molecule has 0 spiro atoms. The molecule has 1 rings (SSSR count). The fourth-order valence-corrected chi connectivity index (χ4v) is 2.44. The Morgan fingerprint density at radius 1 is 1.28 bits per heavy atom. The summed E-state index contributed by atoms with van der Waals surface area (Å²) in [5, 5.41) is 0. The molecule has 0 fully saturated rings. The van der Waals surface area contributed by atoms with Gasteiger partial charge in [0.2, 0.25) is 0 Å². The minimum absolute atomic E-state index is 0.144. The first kappa shape index (κ1) is 15.3. The van der Waals surface area contributed by atoms with Crippen LogP contribution >= 0.6 is 11.8 Å². The molecule has 0 aliphatic rings. The van der Waals surface area contributed by atoms with E-state index in [1.54, 1.807) is 11.8 Å². The molecule has 1 aromatic carbocycles. The third kappa shape index (κ3) is 5.72. The van der Waals surface area contributed by atoms with Crippen LogP contribution in [-0.4, -0.2) is 16.3 Å². The number of hydrogen-bond donors (Lipinski definition) is 0. The third-order valence-corrected chi connectivity index (χ3v) is 3.80. The van der Waals surface area contributed by atoms with Crippen molar-refractivity contribution in [3.05, 3.63) is 35.4 Å². The van der Waals surface area contributed by atoms with Crippen molar-refractivity contribution in [2.45, 2.75) is 45.8 Å². The van der Waals surface area contributed by atoms with Crippen molar-refractivity contribution in [3.8, 4) is 0 Å². The molecule has 0 saturated heterocycles. The molecule has 18 heavy (non-hydrogen) atoms. The van der Waals surface area contributed by atoms with E-state index in [1.165, 1.54) is 5.56 Å². The van der Waals surface area contributed by atoms with Gasteiger partial charge in [-0.15, -0.1) is 11.8 Å². The van der Waals surface area contributed by atoms with E-state index >= 15 is 0 Å². The molecule has 1 aromatic rings. The van der Waals surface area contributed by atoms with Crippen molar-refractivity contribution in [1.82, 2.24) is 0 Å². The maximum absolute atomic E-state index is 12.1. The second kappa shape index (κ2) is 6.42. The summed E-state index contributed by atoms with van der Waals surface area (Å²) in [7, 11) is 0. The number of carbonyl (C=O) groups is 1. The van der Waals surface area contributed by atoms with Crippen LogP contribution in [0, 0.1) is 5.92 Å². The summed E-state index contributed by atoms with van der Waals surface area (Å²) in [6.07, 6.45) is 1.04. The zero-order valence-electron chi connectivity index (χ0n) is 12.1. The highest BCUT2D eigenvalue weighted by Gasteiger charge is 2.14. The molecule has 0 aliphatic carbocycles. The number of ketones is 1. The van der Waals surface area contributed by atoms with Gasteiger partial charge in [-0.2, -0.15) is 0 Å². The molecule has 0 atom stereocenters. The van der Waals surface area contributed by atoms with Crippen LogP contribution in [0.5, 0.6) is 0 Å². The summed E-state index contributed by atoms with van der Waals surface area (Å²) in [6.45, 7) is 10.8. The van der Waals surface area contributed by atoms with Crippen LogP contribution in [0.2, 0.25) is 0 Å². The van der Waals surface area contributed by atoms with Crippen LogP contribution in [-0.2, 0) is 6.42 Å². The first-order valence-electron chi connectivity index (χ1n) is 6.54. The lowest BCUT2D eigenvalue weighted by atomic mass is 10.00. The van der Waals surface area contributed by atoms with Gasteiger partial charge < -0.3 is 0 Å². The van der Waals surface area contributed by atoms with Crippen LogP contribution in [0.15, 0.2) is 24.3 Å². The van der Waals surface area contributed by atoms with Crippen LogP contribution in [0.4, 0.5) is 0 Å². The zero-order valence-corrected chi connectivity index (χ0v) is 12.9. The quantitative estimate of drug-likeness (QED) is 0.723. The molecule has 0 unspecified atom stereocenters. The summed E-state index contributed by atoms with van der Waals surface area (Å²) in [5.41, 5.74) is 2.11. The Hall–Kier alpha value is -0.760. The maximum Gasteiger partial charge on any atom is 0.172 e. The lowest BCUT2D eigenvalue weighted by Gasteiger charge is -2.16. The average Bonchev–Trinajstić information content (AvgIpc) is 2.24. The van der Waals surface area contributed by atoms with Crippen molar-refractivity contribution < 1.29 is 4.79 Å². The highest BCUT2D eigenvalue weighted by Crippen LogP contribution is 2.24. The average molecular weight is 264 g/mol. The Bertz CT molecular complexity index is 402. The van der Waals surface area contributed by atoms with E-state index in [-0.39, 0.29) is 10.5 Å². The molecule has 100 valence electrons. The Labute approximate surface area is 115 Å². The smallest absolute Gasteiger partial charge is 0.172 e. The van der Waals surface area contributed by atoms with E-state index < -0.39 is 0 Å². The highest BCUT2D eigenvalue weighted by atomic mass is 32.2. The van der Waals surface area contributed by atoms with Gasteiger partial charge in [-0.3, -0.25) is 4.79 Å². The van der Waals surface area contributed by atoms with Gasteiger partial charge in [0.05, 0.1) is 5.75 Å². The van der Waals surface area contributed by atoms with Crippen LogP contribution in [0.1, 0.15) is 50.5 Å². The van der Waals surface area contributed by atoms with Crippen molar-refractivity contribution in [2.75, 3.05) is 5.75 Å². The number of hydrogen-bond acceptors (Lipinski definition) is 2. The van der Waals surface area contributed by atoms with Gasteiger partial charge in [0.15, 0.2) is 5.78 Å². The summed E-state index contributed by atoms with van der Waals surface area (Å²) >= 11 is 1.71. The number of Topliss-reactive ketones (excluding diaryl/α,β-unsaturated/α-hetero) is 1. The van der Waals surface area contributed by atoms with Gasteiger partial charge in [0.25, 0.3) is 0 Å². The number of thioether (sulfide) groups is 1. The van der Waals surface area contributed by atoms with E-state index in [9.17, 15) is 4.79 Å². The molecule has 0 aromatic heterocycles. The van der Waals surface area contributed by atoms with Gasteiger partial charge in [0, 0.05) is 10.3 Å². The number of rotatable bonds is 5. The minimum atomic E-state index is 0.144. The van der Waals surface area contributed by atoms with Crippen LogP contribution in [0.25, 0.3) is 0 Å². The van der Waals surface area contributed by atoms with Crippen molar-refractivity contribution in [1.29, 1.82) is 0 Å². The minimum Gasteiger partial charge on any atom is -0.293 e. The first-order chi connectivity index (χ1) is 8.28. The van der Waals surface area contributed by atoms with Crippen molar-refractivity contribution in [3.63, 3.8) is 0 Å². The molecule has 0 N–H and O–H groups in total. The molecule has 2 heteroatoms. The maximum atomic E-state index is 12.1. The molecule has 1 nitrogen and oxygen atoms in total. The summed E-state index contributed by atoms with van der Waals surface area (Å²) < 4.78 is 0.144. The van der Waals surface area contributed by atoms with E-state index in [4.69, 9.17) is 0 Å². The van der Waals surface area contributed by atoms with Gasteiger partial charge in [-0.25, -0.2) is 0 Å². The highest BCUT2D eigenvalue weighted by molar-refractivity contribution is 8.01. The van der Waals surface area contributed by atoms with E-state index in [1.807, 2.05) is 18.2 Å². The molecule has 0 radical (unpaired) electrons. The predicted molar refractivity (Wildman–Crippen MR) is 81.5 cm³/mol. The largest absolute Gasteiger partial charge is 0.293 e. The zero-order chi connectivity index (χ0) is 13.8. The standard InChI is InChI=1S/C16H24OS/c1-12(2)9-13-7-6-8-14(10-13)15(17)11-18-16(3,4)5/h6-8,10,12H,9,11H2,1-5H3. The van der Waals surface area contributed by atoms with Gasteiger partial charge in [-0.05, 0) is 24.0 Å². The fraction of sp³-hybridized carbons (Fsp3) is 0.562. The Morgan fingerprint density at radius 2 is 1.94 bits per heavy atom. The Kier molecular flexibility index (Phi) is 5.46. The topological polar surface area (TPSA) is 17.1 Å². The van der Waals surface area contributed by atoms with Gasteiger partial charge in [0.1, 0.15) is 0 Å².